The molecule has 5 nitrogen and oxygen atoms in total. The zero-order chi connectivity index (χ0) is 14.6. The number of hydrogen-bond donors (Lipinski definition) is 1. The van der Waals surface area contributed by atoms with Crippen LogP contribution in [-0.2, 0) is 6.54 Å². The lowest BCUT2D eigenvalue weighted by molar-refractivity contribution is 0.232. The molecule has 1 fully saturated rings. The number of rotatable bonds is 6. The van der Waals surface area contributed by atoms with Gasteiger partial charge in [-0.15, -0.1) is 10.2 Å². The van der Waals surface area contributed by atoms with Gasteiger partial charge in [-0.25, -0.2) is 0 Å². The first kappa shape index (κ1) is 15.7. The second-order valence-electron chi connectivity index (χ2n) is 6.48. The first-order valence-electron chi connectivity index (χ1n) is 7.34. The van der Waals surface area contributed by atoms with Gasteiger partial charge in [-0.2, -0.15) is 0 Å². The second-order valence-corrected chi connectivity index (χ2v) is 7.50. The molecule has 1 atom stereocenters. The highest BCUT2D eigenvalue weighted by atomic mass is 32.1. The molecule has 0 bridgehead atoms. The normalized spacial score (nSPS) is 20.5. The SMILES string of the molecule is CN1CCCC1CCOc1nnc(CNC(C)(C)C)s1. The molecule has 0 spiro atoms. The van der Waals surface area contributed by atoms with Gasteiger partial charge in [0.05, 0.1) is 13.2 Å². The van der Waals surface area contributed by atoms with Gasteiger partial charge in [-0.1, -0.05) is 11.3 Å². The average molecular weight is 298 g/mol. The fraction of sp³-hybridized carbons (Fsp3) is 0.857. The summed E-state index contributed by atoms with van der Waals surface area (Å²) in [6.45, 7) is 9.12. The monoisotopic (exact) mass is 298 g/mol. The molecule has 1 aliphatic heterocycles. The lowest BCUT2D eigenvalue weighted by Gasteiger charge is -2.19. The Morgan fingerprint density at radius 3 is 2.85 bits per heavy atom. The Morgan fingerprint density at radius 2 is 2.20 bits per heavy atom. The Bertz CT molecular complexity index is 416. The Balaban J connectivity index is 1.70. The van der Waals surface area contributed by atoms with Crippen LogP contribution in [0.25, 0.3) is 0 Å². The number of aromatic nitrogens is 2. The zero-order valence-electron chi connectivity index (χ0n) is 13.0. The molecule has 0 saturated carbocycles. The molecule has 0 aliphatic carbocycles. The minimum atomic E-state index is 0.0970. The molecule has 1 saturated heterocycles. The predicted molar refractivity (Wildman–Crippen MR) is 82.3 cm³/mol. The molecule has 114 valence electrons. The summed E-state index contributed by atoms with van der Waals surface area (Å²) in [7, 11) is 2.19. The molecule has 1 N–H and O–H groups in total. The molecule has 0 amide bonds. The van der Waals surface area contributed by atoms with Gasteiger partial charge in [0.15, 0.2) is 0 Å². The molecule has 0 radical (unpaired) electrons. The maximum atomic E-state index is 5.72. The van der Waals surface area contributed by atoms with E-state index in [1.165, 1.54) is 30.7 Å². The maximum Gasteiger partial charge on any atom is 0.294 e. The minimum absolute atomic E-state index is 0.0970. The Morgan fingerprint density at radius 1 is 1.40 bits per heavy atom. The average Bonchev–Trinajstić information content (AvgIpc) is 2.96. The van der Waals surface area contributed by atoms with E-state index in [0.717, 1.165) is 24.6 Å². The molecule has 1 aromatic heterocycles. The lowest BCUT2D eigenvalue weighted by atomic mass is 10.1. The number of nitrogens with one attached hydrogen (secondary N) is 1. The van der Waals surface area contributed by atoms with Crippen molar-refractivity contribution in [2.24, 2.45) is 0 Å². The highest BCUT2D eigenvalue weighted by molar-refractivity contribution is 7.13. The van der Waals surface area contributed by atoms with Gasteiger partial charge in [-0.3, -0.25) is 0 Å². The number of nitrogens with zero attached hydrogens (tertiary/aromatic N) is 3. The van der Waals surface area contributed by atoms with Gasteiger partial charge in [0.25, 0.3) is 5.19 Å². The summed E-state index contributed by atoms with van der Waals surface area (Å²) in [6.07, 6.45) is 3.67. The Hall–Kier alpha value is -0.720. The second kappa shape index (κ2) is 6.83. The molecule has 0 aromatic carbocycles. The van der Waals surface area contributed by atoms with E-state index in [0.29, 0.717) is 11.2 Å². The van der Waals surface area contributed by atoms with Gasteiger partial charge in [0.1, 0.15) is 5.01 Å². The van der Waals surface area contributed by atoms with Crippen LogP contribution >= 0.6 is 11.3 Å². The van der Waals surface area contributed by atoms with E-state index in [9.17, 15) is 0 Å². The summed E-state index contributed by atoms with van der Waals surface area (Å²) in [5, 5.41) is 13.3. The smallest absolute Gasteiger partial charge is 0.294 e. The van der Waals surface area contributed by atoms with E-state index in [4.69, 9.17) is 4.74 Å². The van der Waals surface area contributed by atoms with Crippen molar-refractivity contribution in [3.63, 3.8) is 0 Å². The highest BCUT2D eigenvalue weighted by Crippen LogP contribution is 2.21. The highest BCUT2D eigenvalue weighted by Gasteiger charge is 2.20. The van der Waals surface area contributed by atoms with Crippen LogP contribution in [0.15, 0.2) is 0 Å². The quantitative estimate of drug-likeness (QED) is 0.873. The molecular weight excluding hydrogens is 272 g/mol. The Labute approximate surface area is 125 Å². The van der Waals surface area contributed by atoms with Gasteiger partial charge in [0, 0.05) is 11.6 Å². The summed E-state index contributed by atoms with van der Waals surface area (Å²) in [5.41, 5.74) is 0.0970. The summed E-state index contributed by atoms with van der Waals surface area (Å²) < 4.78 is 5.72. The molecule has 1 unspecified atom stereocenters. The van der Waals surface area contributed by atoms with Crippen LogP contribution in [0.2, 0.25) is 0 Å². The standard InChI is InChI=1S/C14H26N4OS/c1-14(2,3)15-10-12-16-17-13(20-12)19-9-7-11-6-5-8-18(11)4/h11,15H,5-10H2,1-4H3. The fourth-order valence-electron chi connectivity index (χ4n) is 2.34. The van der Waals surface area contributed by atoms with Gasteiger partial charge in [0.2, 0.25) is 0 Å². The first-order chi connectivity index (χ1) is 9.44. The van der Waals surface area contributed by atoms with Crippen LogP contribution in [0.4, 0.5) is 0 Å². The van der Waals surface area contributed by atoms with Crippen LogP contribution in [0.1, 0.15) is 45.0 Å². The summed E-state index contributed by atoms with van der Waals surface area (Å²) in [6, 6.07) is 0.671. The van der Waals surface area contributed by atoms with Crippen molar-refractivity contribution < 1.29 is 4.74 Å². The van der Waals surface area contributed by atoms with Crippen molar-refractivity contribution in [2.45, 2.75) is 58.2 Å². The van der Waals surface area contributed by atoms with E-state index in [2.05, 4.69) is 48.2 Å². The van der Waals surface area contributed by atoms with Crippen molar-refractivity contribution in [3.8, 4) is 5.19 Å². The van der Waals surface area contributed by atoms with E-state index in [1.54, 1.807) is 0 Å². The number of likely N-dealkylation sites (tertiary alicyclic amines) is 1. The van der Waals surface area contributed by atoms with Crippen LogP contribution in [0.5, 0.6) is 5.19 Å². The van der Waals surface area contributed by atoms with Gasteiger partial charge >= 0.3 is 0 Å². The predicted octanol–water partition coefficient (Wildman–Crippen LogP) is 2.29. The Kier molecular flexibility index (Phi) is 5.35. The van der Waals surface area contributed by atoms with Gasteiger partial charge < -0.3 is 15.0 Å². The van der Waals surface area contributed by atoms with Crippen LogP contribution in [0.3, 0.4) is 0 Å². The van der Waals surface area contributed by atoms with Crippen LogP contribution in [0, 0.1) is 0 Å². The molecule has 2 heterocycles. The van der Waals surface area contributed by atoms with Crippen molar-refractivity contribution in [1.29, 1.82) is 0 Å². The largest absolute Gasteiger partial charge is 0.469 e. The third kappa shape index (κ3) is 5.00. The summed E-state index contributed by atoms with van der Waals surface area (Å²) in [5.74, 6) is 0. The topological polar surface area (TPSA) is 50.3 Å². The number of hydrogen-bond acceptors (Lipinski definition) is 6. The lowest BCUT2D eigenvalue weighted by Crippen LogP contribution is -2.35. The van der Waals surface area contributed by atoms with E-state index in [-0.39, 0.29) is 5.54 Å². The molecule has 1 aromatic rings. The maximum absolute atomic E-state index is 5.72. The summed E-state index contributed by atoms with van der Waals surface area (Å²) >= 11 is 1.54. The van der Waals surface area contributed by atoms with Crippen molar-refractivity contribution in [2.75, 3.05) is 20.2 Å². The zero-order valence-corrected chi connectivity index (χ0v) is 13.8. The van der Waals surface area contributed by atoms with Gasteiger partial charge in [-0.05, 0) is 53.6 Å². The summed E-state index contributed by atoms with van der Waals surface area (Å²) in [4.78, 5) is 2.42. The molecular formula is C14H26N4OS. The van der Waals surface area contributed by atoms with Crippen molar-refractivity contribution >= 4 is 11.3 Å². The van der Waals surface area contributed by atoms with Crippen LogP contribution < -0.4 is 10.1 Å². The fourth-order valence-corrected chi connectivity index (χ4v) is 2.99. The van der Waals surface area contributed by atoms with E-state index >= 15 is 0 Å². The third-order valence-electron chi connectivity index (χ3n) is 3.57. The first-order valence-corrected chi connectivity index (χ1v) is 8.16. The number of ether oxygens (including phenoxy) is 1. The van der Waals surface area contributed by atoms with Crippen LogP contribution in [-0.4, -0.2) is 46.9 Å². The van der Waals surface area contributed by atoms with Crippen molar-refractivity contribution in [3.05, 3.63) is 5.01 Å². The molecule has 2 rings (SSSR count). The molecule has 6 heteroatoms. The minimum Gasteiger partial charge on any atom is -0.469 e. The van der Waals surface area contributed by atoms with E-state index in [1.807, 2.05) is 0 Å². The van der Waals surface area contributed by atoms with E-state index < -0.39 is 0 Å². The molecule has 20 heavy (non-hydrogen) atoms. The third-order valence-corrected chi connectivity index (χ3v) is 4.40. The molecule has 1 aliphatic rings. The van der Waals surface area contributed by atoms with Crippen molar-refractivity contribution in [1.82, 2.24) is 20.4 Å².